The summed E-state index contributed by atoms with van der Waals surface area (Å²) in [5.74, 6) is 0. The minimum absolute atomic E-state index is 0. The molecule has 0 aliphatic rings. The molecule has 0 saturated heterocycles. The predicted octanol–water partition coefficient (Wildman–Crippen LogP) is -7.14. The van der Waals surface area contributed by atoms with Gasteiger partial charge in [-0.25, -0.2) is 0 Å². The summed E-state index contributed by atoms with van der Waals surface area (Å²) in [5, 5.41) is 0. The molecule has 0 heterocycles. The maximum Gasteiger partial charge on any atom is 3.00 e. The van der Waals surface area contributed by atoms with Crippen LogP contribution in [0.1, 0.15) is 0 Å². The van der Waals surface area contributed by atoms with E-state index in [1.807, 2.05) is 0 Å². The SMILES string of the molecule is [Ni+3].[O-][Cl+][O-].[O-][Cl+][O-].[O-][Cl+][O-]. The molecule has 0 aromatic heterocycles. The molecule has 0 amide bonds. The summed E-state index contributed by atoms with van der Waals surface area (Å²) >= 11 is -1.25. The Morgan fingerprint density at radius 2 is 0.500 bits per heavy atom. The van der Waals surface area contributed by atoms with Crippen LogP contribution in [0.15, 0.2) is 0 Å². The molecule has 10 heavy (non-hydrogen) atoms. The Labute approximate surface area is 78.6 Å². The van der Waals surface area contributed by atoms with E-state index in [1.165, 1.54) is 0 Å². The van der Waals surface area contributed by atoms with Crippen LogP contribution in [0.5, 0.6) is 0 Å². The van der Waals surface area contributed by atoms with Crippen molar-refractivity contribution in [2.45, 2.75) is 0 Å². The van der Waals surface area contributed by atoms with E-state index in [0.29, 0.717) is 0 Å². The summed E-state index contributed by atoms with van der Waals surface area (Å²) in [4.78, 5) is 0. The van der Waals surface area contributed by atoms with Gasteiger partial charge in [0.15, 0.2) is 0 Å². The number of halogens is 3. The van der Waals surface area contributed by atoms with Gasteiger partial charge in [0.1, 0.15) is 0 Å². The summed E-state index contributed by atoms with van der Waals surface area (Å²) < 4.78 is 49.4. The quantitative estimate of drug-likeness (QED) is 0.397. The Bertz CT molecular complexity index is 17.7. The Hall–Kier alpha value is 1.12. The normalized spacial score (nSPS) is 5.40. The van der Waals surface area contributed by atoms with Gasteiger partial charge in [-0.15, -0.1) is 0 Å². The van der Waals surface area contributed by atoms with Gasteiger partial charge in [0.25, 0.3) is 0 Å². The average Bonchev–Trinajstić information content (AvgIpc) is 1.70. The van der Waals surface area contributed by atoms with Gasteiger partial charge in [-0.1, -0.05) is 0 Å². The van der Waals surface area contributed by atoms with E-state index in [4.69, 9.17) is 28.0 Å². The number of hydrogen-bond donors (Lipinski definition) is 0. The maximum atomic E-state index is 8.24. The van der Waals surface area contributed by atoms with Gasteiger partial charge in [-0.2, -0.15) is 0 Å². The van der Waals surface area contributed by atoms with E-state index in [2.05, 4.69) is 0 Å². The molecule has 0 aromatic carbocycles. The minimum atomic E-state index is -0.417. The molecule has 0 fully saturated rings. The molecule has 0 bridgehead atoms. The number of hydrogen-bond acceptors (Lipinski definition) is 6. The largest absolute Gasteiger partial charge is 3.00 e. The first-order valence-corrected chi connectivity index (χ1v) is 2.78. The Morgan fingerprint density at radius 1 is 0.500 bits per heavy atom. The zero-order chi connectivity index (χ0) is 8.12. The third-order valence-corrected chi connectivity index (χ3v) is 0. The van der Waals surface area contributed by atoms with Gasteiger partial charge in [0.05, 0.1) is 34.0 Å². The van der Waals surface area contributed by atoms with Crippen LogP contribution in [0.4, 0.5) is 0 Å². The fraction of sp³-hybridized carbons (Fsp3) is 0. The van der Waals surface area contributed by atoms with Gasteiger partial charge in [0.2, 0.25) is 0 Å². The molecule has 0 saturated carbocycles. The van der Waals surface area contributed by atoms with E-state index < -0.39 is 34.0 Å². The van der Waals surface area contributed by atoms with Crippen LogP contribution in [-0.4, -0.2) is 0 Å². The molecular formula is Cl3NiO6. The van der Waals surface area contributed by atoms with E-state index in [-0.39, 0.29) is 16.5 Å². The molecule has 1 radical (unpaired) electrons. The standard InChI is InChI=1S/3ClO2.Ni/c3*2-1-3;/q3*-1;+3. The summed E-state index contributed by atoms with van der Waals surface area (Å²) in [5.41, 5.74) is 0. The maximum absolute atomic E-state index is 8.24. The summed E-state index contributed by atoms with van der Waals surface area (Å²) in [6.07, 6.45) is 0. The average molecular weight is 261 g/mol. The van der Waals surface area contributed by atoms with Crippen LogP contribution in [0, 0.1) is 34.0 Å². The second-order valence-electron chi connectivity index (χ2n) is 0.189. The van der Waals surface area contributed by atoms with E-state index >= 15 is 0 Å². The van der Waals surface area contributed by atoms with Crippen molar-refractivity contribution in [2.75, 3.05) is 0 Å². The summed E-state index contributed by atoms with van der Waals surface area (Å²) in [6.45, 7) is 0. The molecule has 0 atom stereocenters. The minimum Gasteiger partial charge on any atom is -0.544 e. The van der Waals surface area contributed by atoms with Crippen LogP contribution in [0.25, 0.3) is 0 Å². The molecule has 67 valence electrons. The van der Waals surface area contributed by atoms with Crippen molar-refractivity contribution in [1.82, 2.24) is 0 Å². The molecule has 0 rings (SSSR count). The molecule has 6 nitrogen and oxygen atoms in total. The van der Waals surface area contributed by atoms with Gasteiger partial charge in [-0.3, -0.25) is 0 Å². The first kappa shape index (κ1) is 22.5. The zero-order valence-corrected chi connectivity index (χ0v) is 7.16. The van der Waals surface area contributed by atoms with Crippen LogP contribution in [-0.2, 0) is 16.5 Å². The second-order valence-corrected chi connectivity index (χ2v) is 0.567. The summed E-state index contributed by atoms with van der Waals surface area (Å²) in [6, 6.07) is 0. The Kier molecular flexibility index (Phi) is 111. The van der Waals surface area contributed by atoms with Crippen molar-refractivity contribution < 1.29 is 78.4 Å². The van der Waals surface area contributed by atoms with Crippen LogP contribution >= 0.6 is 0 Å². The van der Waals surface area contributed by atoms with Crippen LogP contribution in [0.2, 0.25) is 0 Å². The molecule has 0 unspecified atom stereocenters. The summed E-state index contributed by atoms with van der Waals surface area (Å²) in [7, 11) is 0. The molecular weight excluding hydrogens is 261 g/mol. The predicted molar refractivity (Wildman–Crippen MR) is 0 cm³/mol. The van der Waals surface area contributed by atoms with Crippen molar-refractivity contribution in [3.8, 4) is 0 Å². The van der Waals surface area contributed by atoms with E-state index in [9.17, 15) is 0 Å². The van der Waals surface area contributed by atoms with Crippen molar-refractivity contribution in [2.24, 2.45) is 0 Å². The Morgan fingerprint density at radius 3 is 0.500 bits per heavy atom. The fourth-order valence-electron chi connectivity index (χ4n) is 0. The molecule has 0 spiro atoms. The van der Waals surface area contributed by atoms with Crippen LogP contribution < -0.4 is 28.0 Å². The molecule has 0 N–H and O–H groups in total. The topological polar surface area (TPSA) is 138 Å². The monoisotopic (exact) mass is 259 g/mol. The third kappa shape index (κ3) is 477. The first-order valence-electron chi connectivity index (χ1n) is 0.926. The smallest absolute Gasteiger partial charge is 0.544 e. The van der Waals surface area contributed by atoms with Gasteiger partial charge < -0.3 is 28.0 Å². The van der Waals surface area contributed by atoms with Gasteiger partial charge in [-0.05, 0) is 0 Å². The van der Waals surface area contributed by atoms with Crippen molar-refractivity contribution in [3.05, 3.63) is 0 Å². The van der Waals surface area contributed by atoms with Crippen LogP contribution in [0.3, 0.4) is 0 Å². The van der Waals surface area contributed by atoms with Gasteiger partial charge >= 0.3 is 16.5 Å². The first-order chi connectivity index (χ1) is 4.24. The molecule has 0 aliphatic heterocycles. The van der Waals surface area contributed by atoms with Crippen molar-refractivity contribution in [3.63, 3.8) is 0 Å². The molecule has 10 heteroatoms. The van der Waals surface area contributed by atoms with Crippen molar-refractivity contribution in [1.29, 1.82) is 0 Å². The Balaban J connectivity index is -0.0000000257. The second kappa shape index (κ2) is 49.6. The van der Waals surface area contributed by atoms with Gasteiger partial charge in [0, 0.05) is 0 Å². The van der Waals surface area contributed by atoms with E-state index in [1.54, 1.807) is 0 Å². The third-order valence-electron chi connectivity index (χ3n) is 0. The fourth-order valence-corrected chi connectivity index (χ4v) is 0. The molecule has 0 aliphatic carbocycles. The van der Waals surface area contributed by atoms with Crippen molar-refractivity contribution >= 4 is 0 Å². The zero-order valence-electron chi connectivity index (χ0n) is 3.90. The molecule has 0 aromatic rings. The number of rotatable bonds is 0. The van der Waals surface area contributed by atoms with E-state index in [0.717, 1.165) is 0 Å².